The number of carbonyl (C=O) groups excluding carboxylic acids is 1. The molecule has 5 rings (SSSR count). The lowest BCUT2D eigenvalue weighted by atomic mass is 9.91. The monoisotopic (exact) mass is 612 g/mol. The highest BCUT2D eigenvalue weighted by Crippen LogP contribution is 2.40. The Bertz CT molecular complexity index is 1920. The zero-order valence-electron chi connectivity index (χ0n) is 22.2. The molecule has 0 aliphatic rings. The molecule has 2 aromatic heterocycles. The molecule has 13 heteroatoms. The van der Waals surface area contributed by atoms with Gasteiger partial charge in [-0.15, -0.1) is 0 Å². The Labute approximate surface area is 244 Å². The van der Waals surface area contributed by atoms with Gasteiger partial charge in [0.15, 0.2) is 0 Å². The third-order valence-electron chi connectivity index (χ3n) is 6.71. The van der Waals surface area contributed by atoms with E-state index in [1.165, 1.54) is 12.1 Å². The van der Waals surface area contributed by atoms with E-state index >= 15 is 4.39 Å². The number of benzene rings is 3. The predicted molar refractivity (Wildman–Crippen MR) is 147 cm³/mol. The lowest BCUT2D eigenvalue weighted by Crippen LogP contribution is -2.15. The van der Waals surface area contributed by atoms with Crippen molar-refractivity contribution in [3.8, 4) is 33.9 Å². The summed E-state index contributed by atoms with van der Waals surface area (Å²) in [7, 11) is 0. The number of amides is 1. The first-order valence-corrected chi connectivity index (χ1v) is 12.7. The van der Waals surface area contributed by atoms with Crippen LogP contribution in [-0.4, -0.2) is 20.9 Å². The number of pyridine rings is 1. The van der Waals surface area contributed by atoms with Gasteiger partial charge in [-0.1, -0.05) is 42.5 Å². The Balaban J connectivity index is 1.66. The van der Waals surface area contributed by atoms with Gasteiger partial charge in [-0.05, 0) is 52.6 Å². The summed E-state index contributed by atoms with van der Waals surface area (Å²) < 4.78 is 97.5. The molecule has 5 aromatic rings. The summed E-state index contributed by atoms with van der Waals surface area (Å²) in [5.74, 6) is -2.94. The minimum absolute atomic E-state index is 0.0926. The minimum atomic E-state index is -5.09. The number of primary amides is 1. The average molecular weight is 613 g/mol. The van der Waals surface area contributed by atoms with Gasteiger partial charge in [-0.25, -0.2) is 9.37 Å². The SMILES string of the molecule is NC(=O)c1ccc(-c2ccccc2)c(Cc2ccc(C(F)(F)F)c(-c3nc(-c4ccc(C(F)(F)F)cn4)cc(=O)[nH]3)c2F)c1. The molecule has 0 saturated heterocycles. The van der Waals surface area contributed by atoms with Crippen LogP contribution in [0.25, 0.3) is 33.9 Å². The second-order valence-corrected chi connectivity index (χ2v) is 9.65. The first-order valence-electron chi connectivity index (χ1n) is 12.7. The fourth-order valence-corrected chi connectivity index (χ4v) is 4.64. The van der Waals surface area contributed by atoms with E-state index in [4.69, 9.17) is 5.73 Å². The van der Waals surface area contributed by atoms with Crippen LogP contribution in [-0.2, 0) is 18.8 Å². The van der Waals surface area contributed by atoms with Gasteiger partial charge < -0.3 is 10.7 Å². The van der Waals surface area contributed by atoms with E-state index in [1.54, 1.807) is 36.4 Å². The molecule has 6 nitrogen and oxygen atoms in total. The summed E-state index contributed by atoms with van der Waals surface area (Å²) in [5.41, 5.74) is 1.67. The van der Waals surface area contributed by atoms with Crippen LogP contribution in [0.1, 0.15) is 32.6 Å². The zero-order valence-corrected chi connectivity index (χ0v) is 22.2. The maximum Gasteiger partial charge on any atom is 0.417 e. The molecule has 224 valence electrons. The van der Waals surface area contributed by atoms with E-state index in [1.807, 2.05) is 0 Å². The molecule has 0 spiro atoms. The van der Waals surface area contributed by atoms with Crippen LogP contribution in [0.5, 0.6) is 0 Å². The summed E-state index contributed by atoms with van der Waals surface area (Å²) in [6.45, 7) is 0. The molecule has 3 aromatic carbocycles. The van der Waals surface area contributed by atoms with Crippen LogP contribution in [0.3, 0.4) is 0 Å². The van der Waals surface area contributed by atoms with Gasteiger partial charge in [0.05, 0.1) is 28.1 Å². The quantitative estimate of drug-likeness (QED) is 0.201. The molecule has 0 atom stereocenters. The number of hydrogen-bond acceptors (Lipinski definition) is 4. The van der Waals surface area contributed by atoms with Gasteiger partial charge >= 0.3 is 12.4 Å². The molecule has 0 aliphatic carbocycles. The predicted octanol–water partition coefficient (Wildman–Crippen LogP) is 7.03. The molecule has 3 N–H and O–H groups in total. The van der Waals surface area contributed by atoms with E-state index in [0.29, 0.717) is 35.0 Å². The summed E-state index contributed by atoms with van der Waals surface area (Å²) in [6.07, 6.45) is -9.60. The number of aromatic nitrogens is 3. The van der Waals surface area contributed by atoms with E-state index < -0.39 is 52.2 Å². The largest absolute Gasteiger partial charge is 0.417 e. The van der Waals surface area contributed by atoms with Gasteiger partial charge in [-0.3, -0.25) is 14.6 Å². The highest BCUT2D eigenvalue weighted by atomic mass is 19.4. The molecule has 0 aliphatic heterocycles. The van der Waals surface area contributed by atoms with Crippen LogP contribution in [0, 0.1) is 5.82 Å². The molecule has 0 fully saturated rings. The van der Waals surface area contributed by atoms with Crippen LogP contribution in [0.2, 0.25) is 0 Å². The Morgan fingerprint density at radius 3 is 2.16 bits per heavy atom. The standard InChI is InChI=1S/C31H19F7N4O2/c32-27-17(12-19-13-18(28(39)44)6-9-21(19)16-4-2-1-3-5-16)7-10-22(31(36,37)38)26(27)29-41-24(14-25(43)42-29)23-11-8-20(15-40-23)30(33,34)35/h1-11,13-15H,12H2,(H2,39,44)(H,41,42,43). The van der Waals surface area contributed by atoms with Crippen molar-refractivity contribution < 1.29 is 35.5 Å². The van der Waals surface area contributed by atoms with Gasteiger partial charge in [0.1, 0.15) is 11.6 Å². The van der Waals surface area contributed by atoms with Crippen molar-refractivity contribution in [2.75, 3.05) is 0 Å². The molecule has 2 heterocycles. The fourth-order valence-electron chi connectivity index (χ4n) is 4.64. The molecule has 0 unspecified atom stereocenters. The Kier molecular flexibility index (Phi) is 7.81. The average Bonchev–Trinajstić information content (AvgIpc) is 2.97. The maximum absolute atomic E-state index is 16.2. The molecular weight excluding hydrogens is 593 g/mol. The third-order valence-corrected chi connectivity index (χ3v) is 6.71. The second-order valence-electron chi connectivity index (χ2n) is 9.65. The highest BCUT2D eigenvalue weighted by molar-refractivity contribution is 5.93. The van der Waals surface area contributed by atoms with Crippen LogP contribution in [0.4, 0.5) is 30.7 Å². The number of nitrogens with one attached hydrogen (secondary N) is 1. The number of nitrogens with two attached hydrogens (primary N) is 1. The van der Waals surface area contributed by atoms with E-state index in [2.05, 4.69) is 15.0 Å². The molecule has 0 radical (unpaired) electrons. The lowest BCUT2D eigenvalue weighted by Gasteiger charge is -2.17. The number of alkyl halides is 6. The number of rotatable bonds is 6. The van der Waals surface area contributed by atoms with E-state index in [9.17, 15) is 35.9 Å². The van der Waals surface area contributed by atoms with Gasteiger partial charge in [0.25, 0.3) is 5.56 Å². The summed E-state index contributed by atoms with van der Waals surface area (Å²) in [5, 5.41) is 0. The first kappa shape index (κ1) is 30.1. The molecule has 0 saturated carbocycles. The van der Waals surface area contributed by atoms with Crippen LogP contribution >= 0.6 is 0 Å². The number of nitrogens with zero attached hydrogens (tertiary/aromatic N) is 2. The van der Waals surface area contributed by atoms with Crippen molar-refractivity contribution >= 4 is 5.91 Å². The Morgan fingerprint density at radius 1 is 0.818 bits per heavy atom. The smallest absolute Gasteiger partial charge is 0.366 e. The zero-order chi connectivity index (χ0) is 31.8. The summed E-state index contributed by atoms with van der Waals surface area (Å²) in [6, 6.07) is 17.2. The van der Waals surface area contributed by atoms with Crippen molar-refractivity contribution in [1.82, 2.24) is 15.0 Å². The minimum Gasteiger partial charge on any atom is -0.366 e. The molecule has 44 heavy (non-hydrogen) atoms. The van der Waals surface area contributed by atoms with E-state index in [-0.39, 0.29) is 28.9 Å². The number of halogens is 7. The van der Waals surface area contributed by atoms with E-state index in [0.717, 1.165) is 18.2 Å². The molecular formula is C31H19F7N4O2. The van der Waals surface area contributed by atoms with Gasteiger partial charge in [0, 0.05) is 24.2 Å². The van der Waals surface area contributed by atoms with Crippen molar-refractivity contribution in [3.05, 3.63) is 129 Å². The number of hydrogen-bond donors (Lipinski definition) is 2. The topological polar surface area (TPSA) is 102 Å². The molecule has 1 amide bonds. The van der Waals surface area contributed by atoms with Crippen LogP contribution < -0.4 is 11.3 Å². The highest BCUT2D eigenvalue weighted by Gasteiger charge is 2.37. The maximum atomic E-state index is 16.2. The third kappa shape index (κ3) is 6.21. The van der Waals surface area contributed by atoms with Crippen molar-refractivity contribution in [1.29, 1.82) is 0 Å². The fraction of sp³-hybridized carbons (Fsp3) is 0.0968. The van der Waals surface area contributed by atoms with Crippen LogP contribution in [0.15, 0.2) is 89.9 Å². The lowest BCUT2D eigenvalue weighted by molar-refractivity contribution is -0.138. The Morgan fingerprint density at radius 2 is 1.55 bits per heavy atom. The number of H-pyrrole nitrogens is 1. The number of aromatic amines is 1. The van der Waals surface area contributed by atoms with Gasteiger partial charge in [0.2, 0.25) is 5.91 Å². The normalized spacial score (nSPS) is 11.9. The first-order chi connectivity index (χ1) is 20.7. The summed E-state index contributed by atoms with van der Waals surface area (Å²) in [4.78, 5) is 34.0. The van der Waals surface area contributed by atoms with Crippen molar-refractivity contribution in [2.24, 2.45) is 5.73 Å². The molecule has 0 bridgehead atoms. The van der Waals surface area contributed by atoms with Crippen molar-refractivity contribution in [2.45, 2.75) is 18.8 Å². The Hall–Kier alpha value is -5.33. The van der Waals surface area contributed by atoms with Crippen molar-refractivity contribution in [3.63, 3.8) is 0 Å². The van der Waals surface area contributed by atoms with Gasteiger partial charge in [-0.2, -0.15) is 26.3 Å². The summed E-state index contributed by atoms with van der Waals surface area (Å²) >= 11 is 0. The number of carbonyl (C=O) groups is 1. The second kappa shape index (κ2) is 11.4.